The van der Waals surface area contributed by atoms with Gasteiger partial charge in [-0.2, -0.15) is 5.10 Å². The molecule has 1 aliphatic rings. The maximum atomic E-state index is 12.7. The van der Waals surface area contributed by atoms with E-state index in [0.29, 0.717) is 31.0 Å². The van der Waals surface area contributed by atoms with Gasteiger partial charge in [-0.3, -0.25) is 14.3 Å². The van der Waals surface area contributed by atoms with Gasteiger partial charge in [-0.15, -0.1) is 0 Å². The average Bonchev–Trinajstić information content (AvgIpc) is 3.01. The number of piperazine rings is 1. The van der Waals surface area contributed by atoms with Gasteiger partial charge in [0.1, 0.15) is 12.3 Å². The molecule has 126 valence electrons. The lowest BCUT2D eigenvalue weighted by Gasteiger charge is -2.33. The Morgan fingerprint density at radius 3 is 2.75 bits per heavy atom. The zero-order valence-electron chi connectivity index (χ0n) is 13.8. The highest BCUT2D eigenvalue weighted by Crippen LogP contribution is 2.22. The molecule has 0 unspecified atom stereocenters. The summed E-state index contributed by atoms with van der Waals surface area (Å²) in [7, 11) is 1.80. The molecule has 0 saturated carbocycles. The highest BCUT2D eigenvalue weighted by atomic mass is 16.5. The molecule has 1 aliphatic heterocycles. The average molecular weight is 328 g/mol. The molecule has 0 radical (unpaired) electrons. The molecule has 0 atom stereocenters. The number of hydrogen-bond donors (Lipinski definition) is 0. The highest BCUT2D eigenvalue weighted by molar-refractivity contribution is 6.02. The lowest BCUT2D eigenvalue weighted by Crippen LogP contribution is -2.52. The maximum Gasteiger partial charge on any atom is 0.258 e. The van der Waals surface area contributed by atoms with Crippen LogP contribution in [0.25, 0.3) is 0 Å². The van der Waals surface area contributed by atoms with Crippen molar-refractivity contribution < 1.29 is 14.3 Å². The number of ether oxygens (including phenoxy) is 1. The van der Waals surface area contributed by atoms with E-state index in [9.17, 15) is 9.59 Å². The number of para-hydroxylation sites is 1. The third-order valence-electron chi connectivity index (χ3n) is 3.93. The lowest BCUT2D eigenvalue weighted by molar-refractivity contribution is -0.120. The molecule has 0 aliphatic carbocycles. The number of carbonyl (C=O) groups is 2. The highest BCUT2D eigenvalue weighted by Gasteiger charge is 2.30. The standard InChI is InChI=1S/C17H20N4O3/c1-3-24-15-7-5-4-6-14(15)17(23)20-8-9-21(16(22)12-20)13-10-18-19(2)11-13/h4-7,10-11H,3,8-9,12H2,1-2H3. The second-order valence-electron chi connectivity index (χ2n) is 5.57. The summed E-state index contributed by atoms with van der Waals surface area (Å²) >= 11 is 0. The summed E-state index contributed by atoms with van der Waals surface area (Å²) < 4.78 is 7.17. The van der Waals surface area contributed by atoms with E-state index in [0.717, 1.165) is 5.69 Å². The quantitative estimate of drug-likeness (QED) is 0.849. The Bertz CT molecular complexity index is 756. The molecule has 0 spiro atoms. The van der Waals surface area contributed by atoms with Crippen molar-refractivity contribution in [2.45, 2.75) is 6.92 Å². The number of amides is 2. The van der Waals surface area contributed by atoms with Gasteiger partial charge in [0.2, 0.25) is 5.91 Å². The minimum Gasteiger partial charge on any atom is -0.493 e. The molecule has 1 saturated heterocycles. The molecule has 0 bridgehead atoms. The van der Waals surface area contributed by atoms with E-state index in [2.05, 4.69) is 5.10 Å². The van der Waals surface area contributed by atoms with Crippen LogP contribution in [0.4, 0.5) is 5.69 Å². The smallest absolute Gasteiger partial charge is 0.258 e. The van der Waals surface area contributed by atoms with Crippen LogP contribution in [0, 0.1) is 0 Å². The van der Waals surface area contributed by atoms with Crippen LogP contribution in [-0.2, 0) is 11.8 Å². The van der Waals surface area contributed by atoms with Gasteiger partial charge < -0.3 is 14.5 Å². The van der Waals surface area contributed by atoms with Crippen molar-refractivity contribution in [3.8, 4) is 5.75 Å². The molecule has 2 heterocycles. The zero-order valence-corrected chi connectivity index (χ0v) is 13.8. The van der Waals surface area contributed by atoms with Crippen molar-refractivity contribution in [1.82, 2.24) is 14.7 Å². The second-order valence-corrected chi connectivity index (χ2v) is 5.57. The van der Waals surface area contributed by atoms with Gasteiger partial charge in [0, 0.05) is 26.3 Å². The first-order valence-electron chi connectivity index (χ1n) is 7.90. The van der Waals surface area contributed by atoms with E-state index in [1.54, 1.807) is 52.1 Å². The maximum absolute atomic E-state index is 12.7. The van der Waals surface area contributed by atoms with Crippen molar-refractivity contribution in [3.05, 3.63) is 42.2 Å². The number of hydrogen-bond acceptors (Lipinski definition) is 4. The number of aromatic nitrogens is 2. The van der Waals surface area contributed by atoms with Gasteiger partial charge in [0.15, 0.2) is 0 Å². The van der Waals surface area contributed by atoms with Gasteiger partial charge in [-0.05, 0) is 19.1 Å². The zero-order chi connectivity index (χ0) is 17.1. The van der Waals surface area contributed by atoms with Crippen LogP contribution in [0.3, 0.4) is 0 Å². The largest absolute Gasteiger partial charge is 0.493 e. The SMILES string of the molecule is CCOc1ccccc1C(=O)N1CCN(c2cnn(C)c2)C(=O)C1. The first-order valence-corrected chi connectivity index (χ1v) is 7.90. The van der Waals surface area contributed by atoms with Crippen molar-refractivity contribution in [2.24, 2.45) is 7.05 Å². The van der Waals surface area contributed by atoms with Gasteiger partial charge in [-0.25, -0.2) is 0 Å². The summed E-state index contributed by atoms with van der Waals surface area (Å²) in [5.41, 5.74) is 1.24. The third kappa shape index (κ3) is 3.10. The van der Waals surface area contributed by atoms with E-state index in [4.69, 9.17) is 4.74 Å². The number of nitrogens with zero attached hydrogens (tertiary/aromatic N) is 4. The summed E-state index contributed by atoms with van der Waals surface area (Å²) in [6.45, 7) is 3.33. The summed E-state index contributed by atoms with van der Waals surface area (Å²) in [5, 5.41) is 4.09. The molecular formula is C17H20N4O3. The molecular weight excluding hydrogens is 308 g/mol. The first-order chi connectivity index (χ1) is 11.6. The third-order valence-corrected chi connectivity index (χ3v) is 3.93. The van der Waals surface area contributed by atoms with Crippen molar-refractivity contribution in [1.29, 1.82) is 0 Å². The van der Waals surface area contributed by atoms with Crippen LogP contribution in [-0.4, -0.2) is 52.7 Å². The number of aryl methyl sites for hydroxylation is 1. The van der Waals surface area contributed by atoms with Crippen molar-refractivity contribution in [3.63, 3.8) is 0 Å². The van der Waals surface area contributed by atoms with Crippen LogP contribution >= 0.6 is 0 Å². The second kappa shape index (κ2) is 6.74. The van der Waals surface area contributed by atoms with Gasteiger partial charge in [0.05, 0.1) is 24.1 Å². The van der Waals surface area contributed by atoms with Crippen LogP contribution in [0.15, 0.2) is 36.7 Å². The Morgan fingerprint density at radius 2 is 2.08 bits per heavy atom. The summed E-state index contributed by atoms with van der Waals surface area (Å²) in [6, 6.07) is 7.12. The van der Waals surface area contributed by atoms with E-state index >= 15 is 0 Å². The van der Waals surface area contributed by atoms with E-state index < -0.39 is 0 Å². The Labute approximate surface area is 140 Å². The predicted molar refractivity (Wildman–Crippen MR) is 89.1 cm³/mol. The Morgan fingerprint density at radius 1 is 1.29 bits per heavy atom. The Balaban J connectivity index is 1.74. The van der Waals surface area contributed by atoms with E-state index in [1.807, 2.05) is 13.0 Å². The molecule has 7 heteroatoms. The Hall–Kier alpha value is -2.83. The van der Waals surface area contributed by atoms with Crippen molar-refractivity contribution in [2.75, 3.05) is 31.1 Å². The topological polar surface area (TPSA) is 67.7 Å². The van der Waals surface area contributed by atoms with E-state index in [1.165, 1.54) is 0 Å². The minimum atomic E-state index is -0.182. The van der Waals surface area contributed by atoms with Crippen LogP contribution in [0.5, 0.6) is 5.75 Å². The van der Waals surface area contributed by atoms with Crippen LogP contribution in [0.2, 0.25) is 0 Å². The molecule has 1 fully saturated rings. The monoisotopic (exact) mass is 328 g/mol. The molecule has 0 N–H and O–H groups in total. The van der Waals surface area contributed by atoms with Gasteiger partial charge in [0.25, 0.3) is 5.91 Å². The van der Waals surface area contributed by atoms with E-state index in [-0.39, 0.29) is 18.4 Å². The number of carbonyl (C=O) groups excluding carboxylic acids is 2. The number of anilines is 1. The fourth-order valence-corrected chi connectivity index (χ4v) is 2.76. The summed E-state index contributed by atoms with van der Waals surface area (Å²) in [5.74, 6) is 0.252. The fraction of sp³-hybridized carbons (Fsp3) is 0.353. The molecule has 1 aromatic carbocycles. The van der Waals surface area contributed by atoms with Crippen molar-refractivity contribution >= 4 is 17.5 Å². The lowest BCUT2D eigenvalue weighted by atomic mass is 10.1. The predicted octanol–water partition coefficient (Wildman–Crippen LogP) is 1.31. The van der Waals surface area contributed by atoms with Crippen LogP contribution < -0.4 is 9.64 Å². The number of rotatable bonds is 4. The first kappa shape index (κ1) is 16.0. The molecule has 2 aromatic rings. The molecule has 3 rings (SSSR count). The number of benzene rings is 1. The molecule has 2 amide bonds. The van der Waals surface area contributed by atoms with Gasteiger partial charge >= 0.3 is 0 Å². The Kier molecular flexibility index (Phi) is 4.50. The molecule has 7 nitrogen and oxygen atoms in total. The minimum absolute atomic E-state index is 0.0498. The summed E-state index contributed by atoms with van der Waals surface area (Å²) in [4.78, 5) is 28.4. The van der Waals surface area contributed by atoms with Crippen LogP contribution in [0.1, 0.15) is 17.3 Å². The fourth-order valence-electron chi connectivity index (χ4n) is 2.76. The van der Waals surface area contributed by atoms with Gasteiger partial charge in [-0.1, -0.05) is 12.1 Å². The normalized spacial score (nSPS) is 14.8. The summed E-state index contributed by atoms with van der Waals surface area (Å²) in [6.07, 6.45) is 3.44. The molecule has 24 heavy (non-hydrogen) atoms. The molecule has 1 aromatic heterocycles.